The lowest BCUT2D eigenvalue weighted by atomic mass is 10.1. The van der Waals surface area contributed by atoms with Gasteiger partial charge < -0.3 is 18.9 Å². The van der Waals surface area contributed by atoms with Gasteiger partial charge in [0.05, 0.1) is 37.8 Å². The van der Waals surface area contributed by atoms with E-state index in [9.17, 15) is 0 Å². The molecule has 0 fully saturated rings. The summed E-state index contributed by atoms with van der Waals surface area (Å²) in [7, 11) is 0. The van der Waals surface area contributed by atoms with Crippen molar-refractivity contribution in [2.75, 3.05) is 26.4 Å². The molecule has 5 aromatic carbocycles. The normalized spacial score (nSPS) is 11.6. The second kappa shape index (κ2) is 49.3. The zero-order valence-corrected chi connectivity index (χ0v) is 61.4. The SMILES string of the molecule is CCCCCCCCCCCCOc1ccc(-c2nnc(-c3ccc(N=Cc4ccc(C=Nc5ccc(-c6nnc(-c7ccc(OCCCCCCCCCCCC)c(OCCCCCCCCCCCC)c7)s6)cc5)cc4)cc3)s2)cc1OCCCCCCCCCCCC. The number of unbranched alkanes of at least 4 members (excludes halogenated alkanes) is 36. The number of ether oxygens (including phenoxy) is 4. The summed E-state index contributed by atoms with van der Waals surface area (Å²) in [6.07, 6.45) is 55.8. The van der Waals surface area contributed by atoms with E-state index >= 15 is 0 Å². The Labute approximate surface area is 588 Å². The first-order valence-electron chi connectivity index (χ1n) is 38.4. The molecule has 2 heterocycles. The molecule has 2 aromatic heterocycles. The Hall–Kier alpha value is -6.24. The maximum Gasteiger partial charge on any atom is 0.161 e. The topological polar surface area (TPSA) is 113 Å². The van der Waals surface area contributed by atoms with Crippen LogP contribution in [0.4, 0.5) is 11.4 Å². The molecule has 0 saturated carbocycles. The second-order valence-electron chi connectivity index (χ2n) is 26.5. The summed E-state index contributed by atoms with van der Waals surface area (Å²) in [5.74, 6) is 3.23. The van der Waals surface area contributed by atoms with Gasteiger partial charge in [0.25, 0.3) is 0 Å². The van der Waals surface area contributed by atoms with E-state index in [2.05, 4.69) is 133 Å². The fourth-order valence-corrected chi connectivity index (χ4v) is 13.8. The zero-order valence-electron chi connectivity index (χ0n) is 59.8. The Balaban J connectivity index is 0.871. The van der Waals surface area contributed by atoms with Gasteiger partial charge in [-0.15, -0.1) is 20.4 Å². The minimum absolute atomic E-state index is 0.683. The molecule has 0 radical (unpaired) electrons. The van der Waals surface area contributed by atoms with Crippen molar-refractivity contribution in [3.05, 3.63) is 120 Å². The van der Waals surface area contributed by atoms with Crippen LogP contribution in [0.5, 0.6) is 23.0 Å². The molecule has 7 rings (SSSR count). The Morgan fingerprint density at radius 2 is 0.490 bits per heavy atom. The van der Waals surface area contributed by atoms with E-state index in [1.54, 1.807) is 22.7 Å². The number of hydrogen-bond donors (Lipinski definition) is 0. The van der Waals surface area contributed by atoms with Gasteiger partial charge in [-0.3, -0.25) is 9.98 Å². The van der Waals surface area contributed by atoms with Crippen molar-refractivity contribution in [1.82, 2.24) is 20.4 Å². The first kappa shape index (κ1) is 77.1. The fraction of sp³-hybridized carbons (Fsp3) is 0.571. The number of aliphatic imine (C=N–C) groups is 2. The van der Waals surface area contributed by atoms with E-state index in [1.807, 2.05) is 36.7 Å². The van der Waals surface area contributed by atoms with Crippen LogP contribution in [0.3, 0.4) is 0 Å². The molecule has 0 aliphatic rings. The minimum Gasteiger partial charge on any atom is -0.490 e. The van der Waals surface area contributed by atoms with Crippen molar-refractivity contribution in [2.45, 2.75) is 285 Å². The summed E-state index contributed by atoms with van der Waals surface area (Å²) in [6.45, 7) is 11.9. The third-order valence-electron chi connectivity index (χ3n) is 18.1. The van der Waals surface area contributed by atoms with Gasteiger partial charge >= 0.3 is 0 Å². The molecule has 7 aromatic rings. The first-order valence-corrected chi connectivity index (χ1v) is 40.0. The summed E-state index contributed by atoms with van der Waals surface area (Å²) in [4.78, 5) is 9.60. The third kappa shape index (κ3) is 31.1. The largest absolute Gasteiger partial charge is 0.490 e. The number of hydrogen-bond acceptors (Lipinski definition) is 12. The van der Waals surface area contributed by atoms with Crippen molar-refractivity contribution in [3.8, 4) is 65.3 Å². The van der Waals surface area contributed by atoms with Crippen LogP contribution in [0.15, 0.2) is 119 Å². The van der Waals surface area contributed by atoms with Crippen LogP contribution in [-0.4, -0.2) is 59.3 Å². The Bertz CT molecular complexity index is 2950. The maximum absolute atomic E-state index is 6.49. The van der Waals surface area contributed by atoms with Crippen LogP contribution in [0.2, 0.25) is 0 Å². The highest BCUT2D eigenvalue weighted by Crippen LogP contribution is 2.39. The molecule has 10 nitrogen and oxygen atoms in total. The lowest BCUT2D eigenvalue weighted by Gasteiger charge is -2.14. The van der Waals surface area contributed by atoms with Crippen LogP contribution >= 0.6 is 22.7 Å². The average Bonchev–Trinajstić information content (AvgIpc) is 2.47. The predicted molar refractivity (Wildman–Crippen MR) is 412 cm³/mol. The molecule has 0 aliphatic carbocycles. The first-order chi connectivity index (χ1) is 47.5. The number of nitrogens with zero attached hydrogens (tertiary/aromatic N) is 6. The smallest absolute Gasteiger partial charge is 0.161 e. The Morgan fingerprint density at radius 1 is 0.260 bits per heavy atom. The van der Waals surface area contributed by atoms with Crippen molar-refractivity contribution >= 4 is 46.5 Å². The van der Waals surface area contributed by atoms with Crippen LogP contribution in [0.25, 0.3) is 42.3 Å². The molecule has 0 unspecified atom stereocenters. The van der Waals surface area contributed by atoms with Gasteiger partial charge in [0.1, 0.15) is 20.0 Å². The number of rotatable bonds is 56. The summed E-state index contributed by atoms with van der Waals surface area (Å²) in [5, 5.41) is 22.0. The lowest BCUT2D eigenvalue weighted by molar-refractivity contribution is 0.258. The van der Waals surface area contributed by atoms with Crippen molar-refractivity contribution in [2.24, 2.45) is 9.98 Å². The van der Waals surface area contributed by atoms with E-state index in [4.69, 9.17) is 28.9 Å². The molecule has 0 bridgehead atoms. The van der Waals surface area contributed by atoms with Crippen LogP contribution < -0.4 is 18.9 Å². The van der Waals surface area contributed by atoms with Gasteiger partial charge in [0.2, 0.25) is 0 Å². The molecule has 0 atom stereocenters. The van der Waals surface area contributed by atoms with Gasteiger partial charge in [-0.1, -0.05) is 306 Å². The number of aromatic nitrogens is 4. The highest BCUT2D eigenvalue weighted by atomic mass is 32.1. The molecule has 0 N–H and O–H groups in total. The summed E-state index contributed by atoms with van der Waals surface area (Å²) < 4.78 is 25.8. The minimum atomic E-state index is 0.683. The quantitative estimate of drug-likeness (QED) is 0.0274. The van der Waals surface area contributed by atoms with Gasteiger partial charge in [-0.25, -0.2) is 0 Å². The highest BCUT2D eigenvalue weighted by Gasteiger charge is 2.16. The molecular formula is C84H120N6O4S2. The molecule has 0 aliphatic heterocycles. The highest BCUT2D eigenvalue weighted by molar-refractivity contribution is 7.18. The van der Waals surface area contributed by atoms with Crippen molar-refractivity contribution in [3.63, 3.8) is 0 Å². The number of benzene rings is 5. The third-order valence-corrected chi connectivity index (χ3v) is 20.2. The molecule has 0 amide bonds. The van der Waals surface area contributed by atoms with E-state index in [-0.39, 0.29) is 0 Å². The van der Waals surface area contributed by atoms with E-state index in [0.717, 1.165) is 113 Å². The van der Waals surface area contributed by atoms with Gasteiger partial charge in [-0.05, 0) is 122 Å². The van der Waals surface area contributed by atoms with Gasteiger partial charge in [0.15, 0.2) is 23.0 Å². The monoisotopic (exact) mass is 1340 g/mol. The zero-order chi connectivity index (χ0) is 67.0. The van der Waals surface area contributed by atoms with Crippen LogP contribution in [0, 0.1) is 0 Å². The summed E-state index contributed by atoms with van der Waals surface area (Å²) in [6, 6.07) is 37.2. The van der Waals surface area contributed by atoms with Gasteiger partial charge in [-0.2, -0.15) is 0 Å². The summed E-state index contributed by atoms with van der Waals surface area (Å²) >= 11 is 3.17. The molecule has 12 heteroatoms. The lowest BCUT2D eigenvalue weighted by Crippen LogP contribution is -2.03. The Morgan fingerprint density at radius 3 is 0.760 bits per heavy atom. The maximum atomic E-state index is 6.49. The van der Waals surface area contributed by atoms with Crippen molar-refractivity contribution in [1.29, 1.82) is 0 Å². The molecule has 96 heavy (non-hydrogen) atoms. The fourth-order valence-electron chi connectivity index (χ4n) is 12.1. The van der Waals surface area contributed by atoms with E-state index in [1.165, 1.54) is 231 Å². The van der Waals surface area contributed by atoms with E-state index < -0.39 is 0 Å². The molecule has 0 saturated heterocycles. The van der Waals surface area contributed by atoms with E-state index in [0.29, 0.717) is 26.4 Å². The van der Waals surface area contributed by atoms with Gasteiger partial charge in [0, 0.05) is 34.7 Å². The molecular weight excluding hydrogens is 1220 g/mol. The molecule has 522 valence electrons. The average molecular weight is 1340 g/mol. The van der Waals surface area contributed by atoms with Crippen molar-refractivity contribution < 1.29 is 18.9 Å². The standard InChI is InChI=1S/C84H120N6O4S2/c1-5-9-13-17-21-25-29-33-37-41-61-91-77-59-53-73(65-79(77)93-63-43-39-35-31-27-23-19-15-11-7-3)83-89-87-81(95-83)71-49-55-75(56-50-71)85-67-69-45-47-70(48-46-69)68-86-76-57-51-72(52-58-76)82-88-90-84(96-82)74-54-60-78(92-62-42-38-34-30-26-22-18-14-10-6-2)80(66-74)94-64-44-40-36-32-28-24-20-16-12-8-4/h45-60,65-68H,5-44,61-64H2,1-4H3. The van der Waals surface area contributed by atoms with Crippen LogP contribution in [-0.2, 0) is 0 Å². The Kier molecular flexibility index (Phi) is 39.6. The summed E-state index contributed by atoms with van der Waals surface area (Å²) in [5.41, 5.74) is 7.72. The predicted octanol–water partition coefficient (Wildman–Crippen LogP) is 26.8. The molecule has 0 spiro atoms. The van der Waals surface area contributed by atoms with Crippen LogP contribution in [0.1, 0.15) is 296 Å². The second-order valence-corrected chi connectivity index (χ2v) is 28.5.